The second kappa shape index (κ2) is 8.37. The zero-order valence-electron chi connectivity index (χ0n) is 16.3. The summed E-state index contributed by atoms with van der Waals surface area (Å²) in [6.45, 7) is 8.27. The fraction of sp³-hybridized carbons (Fsp3) is 0.476. The first kappa shape index (κ1) is 19.1. The molecular formula is C21H27N3O3. The highest BCUT2D eigenvalue weighted by Crippen LogP contribution is 2.29. The van der Waals surface area contributed by atoms with Crippen LogP contribution >= 0.6 is 0 Å². The third-order valence-electron chi connectivity index (χ3n) is 4.90. The van der Waals surface area contributed by atoms with Crippen molar-refractivity contribution in [2.45, 2.75) is 40.0 Å². The number of anilines is 1. The van der Waals surface area contributed by atoms with Crippen molar-refractivity contribution in [3.8, 4) is 0 Å². The van der Waals surface area contributed by atoms with Gasteiger partial charge in [-0.1, -0.05) is 11.6 Å². The molecule has 1 aromatic heterocycles. The Hall–Kier alpha value is -2.63. The summed E-state index contributed by atoms with van der Waals surface area (Å²) in [5, 5.41) is 4.20. The number of benzene rings is 1. The highest BCUT2D eigenvalue weighted by atomic mass is 16.5. The molecule has 0 bridgehead atoms. The van der Waals surface area contributed by atoms with Gasteiger partial charge in [0.05, 0.1) is 17.8 Å². The molecule has 1 amide bonds. The van der Waals surface area contributed by atoms with Crippen molar-refractivity contribution in [1.29, 1.82) is 0 Å². The number of hydrogen-bond acceptors (Lipinski definition) is 5. The molecule has 27 heavy (non-hydrogen) atoms. The molecule has 1 fully saturated rings. The van der Waals surface area contributed by atoms with Gasteiger partial charge in [0, 0.05) is 37.6 Å². The number of nitrogens with zero attached hydrogens (tertiary/aromatic N) is 2. The molecule has 1 N–H and O–H groups in total. The van der Waals surface area contributed by atoms with Gasteiger partial charge < -0.3 is 15.0 Å². The standard InChI is InChI=1S/C21H27N3O3/c1-4-27-21(26)17-13-23-19-15(3)11-14(2)12-16(19)20(17)22-8-7-18(25)24-9-5-6-10-24/h11-13H,4-10H2,1-3H3,(H,22,23). The molecule has 0 aliphatic carbocycles. The largest absolute Gasteiger partial charge is 0.462 e. The SMILES string of the molecule is CCOC(=O)c1cnc2c(C)cc(C)cc2c1NCCC(=O)N1CCCC1. The van der Waals surface area contributed by atoms with Gasteiger partial charge in [0.15, 0.2) is 0 Å². The van der Waals surface area contributed by atoms with E-state index in [2.05, 4.69) is 16.4 Å². The number of amides is 1. The van der Waals surface area contributed by atoms with Crippen LogP contribution in [-0.4, -0.2) is 48.0 Å². The van der Waals surface area contributed by atoms with Crippen LogP contribution < -0.4 is 5.32 Å². The maximum absolute atomic E-state index is 12.4. The number of esters is 1. The summed E-state index contributed by atoms with van der Waals surface area (Å²) in [7, 11) is 0. The monoisotopic (exact) mass is 369 g/mol. The fourth-order valence-corrected chi connectivity index (χ4v) is 3.63. The molecule has 6 nitrogen and oxygen atoms in total. The summed E-state index contributed by atoms with van der Waals surface area (Å²) >= 11 is 0. The van der Waals surface area contributed by atoms with Gasteiger partial charge in [-0.15, -0.1) is 0 Å². The maximum atomic E-state index is 12.4. The average Bonchev–Trinajstić information content (AvgIpc) is 3.16. The number of carbonyl (C=O) groups is 2. The van der Waals surface area contributed by atoms with Crippen LogP contribution in [0.15, 0.2) is 18.3 Å². The molecule has 1 saturated heterocycles. The van der Waals surface area contributed by atoms with E-state index in [0.29, 0.717) is 30.8 Å². The van der Waals surface area contributed by atoms with Gasteiger partial charge in [-0.3, -0.25) is 9.78 Å². The predicted molar refractivity (Wildman–Crippen MR) is 106 cm³/mol. The zero-order chi connectivity index (χ0) is 19.4. The van der Waals surface area contributed by atoms with E-state index < -0.39 is 5.97 Å². The first-order valence-corrected chi connectivity index (χ1v) is 9.60. The first-order valence-electron chi connectivity index (χ1n) is 9.60. The molecule has 0 unspecified atom stereocenters. The van der Waals surface area contributed by atoms with Gasteiger partial charge in [0.25, 0.3) is 0 Å². The van der Waals surface area contributed by atoms with E-state index in [1.54, 1.807) is 13.1 Å². The normalized spacial score (nSPS) is 13.8. The van der Waals surface area contributed by atoms with Crippen LogP contribution in [0.1, 0.15) is 47.7 Å². The highest BCUT2D eigenvalue weighted by Gasteiger charge is 2.20. The second-order valence-corrected chi connectivity index (χ2v) is 7.01. The lowest BCUT2D eigenvalue weighted by Crippen LogP contribution is -2.29. The van der Waals surface area contributed by atoms with Crippen molar-refractivity contribution in [3.63, 3.8) is 0 Å². The molecular weight excluding hydrogens is 342 g/mol. The quantitative estimate of drug-likeness (QED) is 0.790. The van der Waals surface area contributed by atoms with Gasteiger partial charge >= 0.3 is 5.97 Å². The number of aromatic nitrogens is 1. The van der Waals surface area contributed by atoms with Gasteiger partial charge in [0.2, 0.25) is 5.91 Å². The first-order chi connectivity index (χ1) is 13.0. The molecule has 3 rings (SSSR count). The van der Waals surface area contributed by atoms with Gasteiger partial charge in [0.1, 0.15) is 5.56 Å². The Morgan fingerprint density at radius 1 is 1.22 bits per heavy atom. The summed E-state index contributed by atoms with van der Waals surface area (Å²) < 4.78 is 5.19. The minimum Gasteiger partial charge on any atom is -0.462 e. The molecule has 0 spiro atoms. The Balaban J connectivity index is 1.88. The zero-order valence-corrected chi connectivity index (χ0v) is 16.3. The second-order valence-electron chi connectivity index (χ2n) is 7.01. The average molecular weight is 369 g/mol. The van der Waals surface area contributed by atoms with Crippen molar-refractivity contribution in [1.82, 2.24) is 9.88 Å². The van der Waals surface area contributed by atoms with Crippen LogP contribution in [0.2, 0.25) is 0 Å². The smallest absolute Gasteiger partial charge is 0.341 e. The molecule has 144 valence electrons. The minimum atomic E-state index is -0.403. The fourth-order valence-electron chi connectivity index (χ4n) is 3.63. The number of fused-ring (bicyclic) bond motifs is 1. The molecule has 2 heterocycles. The van der Waals surface area contributed by atoms with Crippen LogP contribution in [-0.2, 0) is 9.53 Å². The molecule has 1 aliphatic heterocycles. The van der Waals surface area contributed by atoms with Crippen LogP contribution in [0.25, 0.3) is 10.9 Å². The molecule has 0 radical (unpaired) electrons. The van der Waals surface area contributed by atoms with E-state index in [1.165, 1.54) is 0 Å². The number of aryl methyl sites for hydroxylation is 2. The lowest BCUT2D eigenvalue weighted by molar-refractivity contribution is -0.129. The molecule has 6 heteroatoms. The third-order valence-corrected chi connectivity index (χ3v) is 4.90. The van der Waals surface area contributed by atoms with Crippen LogP contribution in [0.4, 0.5) is 5.69 Å². The Morgan fingerprint density at radius 3 is 2.67 bits per heavy atom. The van der Waals surface area contributed by atoms with Crippen molar-refractivity contribution < 1.29 is 14.3 Å². The van der Waals surface area contributed by atoms with Crippen molar-refractivity contribution >= 4 is 28.5 Å². The Kier molecular flexibility index (Phi) is 5.94. The number of hydrogen-bond donors (Lipinski definition) is 1. The van der Waals surface area contributed by atoms with Crippen LogP contribution in [0.5, 0.6) is 0 Å². The third kappa shape index (κ3) is 4.21. The summed E-state index contributed by atoms with van der Waals surface area (Å²) in [5.41, 5.74) is 4.10. The number of rotatable bonds is 6. The minimum absolute atomic E-state index is 0.156. The Bertz CT molecular complexity index is 857. The van der Waals surface area contributed by atoms with E-state index in [-0.39, 0.29) is 5.91 Å². The van der Waals surface area contributed by atoms with E-state index in [9.17, 15) is 9.59 Å². The van der Waals surface area contributed by atoms with Gasteiger partial charge in [-0.05, 0) is 45.2 Å². The summed E-state index contributed by atoms with van der Waals surface area (Å²) in [6, 6.07) is 4.09. The molecule has 0 atom stereocenters. The predicted octanol–water partition coefficient (Wildman–Crippen LogP) is 3.45. The van der Waals surface area contributed by atoms with Crippen molar-refractivity contribution in [3.05, 3.63) is 35.0 Å². The Morgan fingerprint density at radius 2 is 1.96 bits per heavy atom. The van der Waals surface area contributed by atoms with Gasteiger partial charge in [-0.25, -0.2) is 4.79 Å². The van der Waals surface area contributed by atoms with E-state index in [1.807, 2.05) is 24.8 Å². The van der Waals surface area contributed by atoms with Crippen molar-refractivity contribution in [2.75, 3.05) is 31.6 Å². The van der Waals surface area contributed by atoms with Crippen LogP contribution in [0, 0.1) is 13.8 Å². The summed E-state index contributed by atoms with van der Waals surface area (Å²) in [6.07, 6.45) is 4.13. The Labute approximate surface area is 159 Å². The number of likely N-dealkylation sites (tertiary alicyclic amines) is 1. The number of nitrogens with one attached hydrogen (secondary N) is 1. The van der Waals surface area contributed by atoms with Crippen LogP contribution in [0.3, 0.4) is 0 Å². The molecule has 2 aromatic rings. The molecule has 1 aliphatic rings. The summed E-state index contributed by atoms with van der Waals surface area (Å²) in [5.74, 6) is -0.247. The number of ether oxygens (including phenoxy) is 1. The summed E-state index contributed by atoms with van der Waals surface area (Å²) in [4.78, 5) is 31.1. The lowest BCUT2D eigenvalue weighted by Gasteiger charge is -2.18. The maximum Gasteiger partial charge on any atom is 0.341 e. The number of pyridine rings is 1. The molecule has 1 aromatic carbocycles. The lowest BCUT2D eigenvalue weighted by atomic mass is 10.0. The number of carbonyl (C=O) groups excluding carboxylic acids is 2. The van der Waals surface area contributed by atoms with Gasteiger partial charge in [-0.2, -0.15) is 0 Å². The van der Waals surface area contributed by atoms with E-state index in [0.717, 1.165) is 48.0 Å². The van der Waals surface area contributed by atoms with E-state index in [4.69, 9.17) is 4.74 Å². The van der Waals surface area contributed by atoms with E-state index >= 15 is 0 Å². The topological polar surface area (TPSA) is 71.5 Å². The molecule has 0 saturated carbocycles. The highest BCUT2D eigenvalue weighted by molar-refractivity contribution is 6.05. The van der Waals surface area contributed by atoms with Crippen molar-refractivity contribution in [2.24, 2.45) is 0 Å².